The Morgan fingerprint density at radius 1 is 0.758 bits per heavy atom. The lowest BCUT2D eigenvalue weighted by Crippen LogP contribution is -2.00. The van der Waals surface area contributed by atoms with Crippen molar-refractivity contribution in [3.05, 3.63) is 108 Å². The molecule has 4 aromatic carbocycles. The van der Waals surface area contributed by atoms with Crippen molar-refractivity contribution in [2.24, 2.45) is 0 Å². The minimum Gasteiger partial charge on any atom is -0.464 e. The van der Waals surface area contributed by atoms with Crippen molar-refractivity contribution in [2.75, 3.05) is 0 Å². The van der Waals surface area contributed by atoms with E-state index in [-0.39, 0.29) is 0 Å². The SMILES string of the molecule is Cc1ccc2c(-c3nc4ccccc4n3-c3cc(C)c(-c4ccccc4)c(C)c3)coc2c1. The van der Waals surface area contributed by atoms with Crippen molar-refractivity contribution in [1.29, 1.82) is 0 Å². The van der Waals surface area contributed by atoms with Gasteiger partial charge in [-0.05, 0) is 78.9 Å². The summed E-state index contributed by atoms with van der Waals surface area (Å²) < 4.78 is 8.20. The van der Waals surface area contributed by atoms with Crippen LogP contribution in [0.25, 0.3) is 50.2 Å². The van der Waals surface area contributed by atoms with E-state index in [1.54, 1.807) is 0 Å². The van der Waals surface area contributed by atoms with E-state index >= 15 is 0 Å². The third-order valence-electron chi connectivity index (χ3n) is 6.37. The monoisotopic (exact) mass is 428 g/mol. The van der Waals surface area contributed by atoms with Crippen molar-refractivity contribution in [2.45, 2.75) is 20.8 Å². The van der Waals surface area contributed by atoms with E-state index in [1.807, 2.05) is 12.3 Å². The van der Waals surface area contributed by atoms with E-state index in [0.717, 1.165) is 39.1 Å². The maximum absolute atomic E-state index is 5.94. The first-order chi connectivity index (χ1) is 16.1. The Bertz CT molecular complexity index is 1610. The highest BCUT2D eigenvalue weighted by molar-refractivity contribution is 5.95. The zero-order chi connectivity index (χ0) is 22.5. The van der Waals surface area contributed by atoms with Gasteiger partial charge in [0.2, 0.25) is 0 Å². The number of nitrogens with zero attached hydrogens (tertiary/aromatic N) is 2. The molecule has 6 rings (SSSR count). The molecular formula is C30H24N2O. The summed E-state index contributed by atoms with van der Waals surface area (Å²) in [4.78, 5) is 5.05. The van der Waals surface area contributed by atoms with Crippen molar-refractivity contribution in [3.8, 4) is 28.2 Å². The Balaban J connectivity index is 1.62. The molecule has 33 heavy (non-hydrogen) atoms. The van der Waals surface area contributed by atoms with Gasteiger partial charge >= 0.3 is 0 Å². The number of fused-ring (bicyclic) bond motifs is 2. The van der Waals surface area contributed by atoms with Crippen molar-refractivity contribution in [3.63, 3.8) is 0 Å². The summed E-state index contributed by atoms with van der Waals surface area (Å²) in [6.07, 6.45) is 1.83. The second-order valence-electron chi connectivity index (χ2n) is 8.73. The van der Waals surface area contributed by atoms with Crippen LogP contribution < -0.4 is 0 Å². The van der Waals surface area contributed by atoms with Crippen LogP contribution in [0.1, 0.15) is 16.7 Å². The molecule has 160 valence electrons. The number of hydrogen-bond acceptors (Lipinski definition) is 2. The molecule has 0 fully saturated rings. The van der Waals surface area contributed by atoms with Crippen molar-refractivity contribution in [1.82, 2.24) is 9.55 Å². The lowest BCUT2D eigenvalue weighted by molar-refractivity contribution is 0.616. The third-order valence-corrected chi connectivity index (χ3v) is 6.37. The van der Waals surface area contributed by atoms with Crippen LogP contribution in [0.5, 0.6) is 0 Å². The zero-order valence-corrected chi connectivity index (χ0v) is 19.0. The van der Waals surface area contributed by atoms with Gasteiger partial charge in [0, 0.05) is 11.1 Å². The first-order valence-corrected chi connectivity index (χ1v) is 11.2. The van der Waals surface area contributed by atoms with Gasteiger partial charge in [0.15, 0.2) is 0 Å². The van der Waals surface area contributed by atoms with Crippen LogP contribution in [0, 0.1) is 20.8 Å². The normalized spacial score (nSPS) is 11.5. The van der Waals surface area contributed by atoms with E-state index in [0.29, 0.717) is 0 Å². The average Bonchev–Trinajstić information content (AvgIpc) is 3.40. The molecule has 2 heterocycles. The van der Waals surface area contributed by atoms with Gasteiger partial charge in [0.05, 0.1) is 16.6 Å². The van der Waals surface area contributed by atoms with Gasteiger partial charge in [-0.1, -0.05) is 54.6 Å². The first-order valence-electron chi connectivity index (χ1n) is 11.2. The molecule has 6 aromatic rings. The van der Waals surface area contributed by atoms with Crippen LogP contribution in [0.2, 0.25) is 0 Å². The molecule has 0 aliphatic heterocycles. The van der Waals surface area contributed by atoms with Crippen molar-refractivity contribution < 1.29 is 4.42 Å². The predicted molar refractivity (Wildman–Crippen MR) is 136 cm³/mol. The molecule has 0 amide bonds. The van der Waals surface area contributed by atoms with Gasteiger partial charge in [0.1, 0.15) is 17.7 Å². The highest BCUT2D eigenvalue weighted by Gasteiger charge is 2.19. The maximum atomic E-state index is 5.94. The highest BCUT2D eigenvalue weighted by atomic mass is 16.3. The van der Waals surface area contributed by atoms with Gasteiger partial charge in [-0.3, -0.25) is 4.57 Å². The quantitative estimate of drug-likeness (QED) is 0.286. The largest absolute Gasteiger partial charge is 0.464 e. The Hall–Kier alpha value is -4.11. The van der Waals surface area contributed by atoms with Crippen LogP contribution in [-0.4, -0.2) is 9.55 Å². The average molecular weight is 429 g/mol. The molecule has 0 aliphatic carbocycles. The van der Waals surface area contributed by atoms with Crippen LogP contribution in [0.4, 0.5) is 0 Å². The van der Waals surface area contributed by atoms with Gasteiger partial charge in [-0.15, -0.1) is 0 Å². The molecule has 3 heteroatoms. The molecule has 3 nitrogen and oxygen atoms in total. The summed E-state index contributed by atoms with van der Waals surface area (Å²) in [6, 6.07) is 29.8. The highest BCUT2D eigenvalue weighted by Crippen LogP contribution is 2.37. The number of rotatable bonds is 3. The Morgan fingerprint density at radius 3 is 2.27 bits per heavy atom. The Morgan fingerprint density at radius 2 is 1.48 bits per heavy atom. The van der Waals surface area contributed by atoms with E-state index in [2.05, 4.69) is 104 Å². The van der Waals surface area contributed by atoms with Crippen LogP contribution in [0.3, 0.4) is 0 Å². The van der Waals surface area contributed by atoms with Gasteiger partial charge in [-0.2, -0.15) is 0 Å². The maximum Gasteiger partial charge on any atom is 0.149 e. The number of aromatic nitrogens is 2. The number of furan rings is 1. The fourth-order valence-corrected chi connectivity index (χ4v) is 4.91. The predicted octanol–water partition coefficient (Wildman–Crippen LogP) is 8.03. The molecular weight excluding hydrogens is 404 g/mol. The van der Waals surface area contributed by atoms with E-state index in [1.165, 1.54) is 27.8 Å². The number of imidazole rings is 1. The van der Waals surface area contributed by atoms with E-state index < -0.39 is 0 Å². The number of para-hydroxylation sites is 2. The van der Waals surface area contributed by atoms with Gasteiger partial charge < -0.3 is 4.42 Å². The summed E-state index contributed by atoms with van der Waals surface area (Å²) >= 11 is 0. The minimum atomic E-state index is 0.885. The summed E-state index contributed by atoms with van der Waals surface area (Å²) in [7, 11) is 0. The molecule has 0 saturated heterocycles. The summed E-state index contributed by atoms with van der Waals surface area (Å²) in [5.41, 5.74) is 11.2. The van der Waals surface area contributed by atoms with Gasteiger partial charge in [0.25, 0.3) is 0 Å². The summed E-state index contributed by atoms with van der Waals surface area (Å²) in [6.45, 7) is 6.46. The molecule has 0 atom stereocenters. The second-order valence-corrected chi connectivity index (χ2v) is 8.73. The van der Waals surface area contributed by atoms with Crippen LogP contribution in [0.15, 0.2) is 95.6 Å². The number of hydrogen-bond donors (Lipinski definition) is 0. The third kappa shape index (κ3) is 3.16. The summed E-state index contributed by atoms with van der Waals surface area (Å²) in [5, 5.41) is 1.08. The molecule has 2 aromatic heterocycles. The Kier molecular flexibility index (Phi) is 4.44. The molecule has 0 unspecified atom stereocenters. The molecule has 0 saturated carbocycles. The molecule has 0 radical (unpaired) electrons. The second kappa shape index (κ2) is 7.49. The van der Waals surface area contributed by atoms with Crippen LogP contribution in [-0.2, 0) is 0 Å². The number of benzene rings is 4. The zero-order valence-electron chi connectivity index (χ0n) is 19.0. The minimum absolute atomic E-state index is 0.885. The van der Waals surface area contributed by atoms with Crippen LogP contribution >= 0.6 is 0 Å². The fourth-order valence-electron chi connectivity index (χ4n) is 4.91. The van der Waals surface area contributed by atoms with Crippen molar-refractivity contribution >= 4 is 22.0 Å². The first kappa shape index (κ1) is 19.6. The Labute approximate surface area is 192 Å². The molecule has 0 bridgehead atoms. The smallest absolute Gasteiger partial charge is 0.149 e. The molecule has 0 aliphatic rings. The summed E-state index contributed by atoms with van der Waals surface area (Å²) in [5.74, 6) is 0.894. The standard InChI is InChI=1S/C30H24N2O/c1-19-13-14-24-25(18-33-28(24)15-19)30-31-26-11-7-8-12-27(26)32(30)23-16-20(2)29(21(3)17-23)22-9-5-4-6-10-22/h4-18H,1-3H3. The van der Waals surface area contributed by atoms with E-state index in [4.69, 9.17) is 9.40 Å². The lowest BCUT2D eigenvalue weighted by Gasteiger charge is -2.16. The topological polar surface area (TPSA) is 31.0 Å². The fraction of sp³-hybridized carbons (Fsp3) is 0.100. The molecule has 0 spiro atoms. The van der Waals surface area contributed by atoms with Gasteiger partial charge in [-0.25, -0.2) is 4.98 Å². The molecule has 0 N–H and O–H groups in total. The van der Waals surface area contributed by atoms with E-state index in [9.17, 15) is 0 Å². The number of aryl methyl sites for hydroxylation is 3. The lowest BCUT2D eigenvalue weighted by atomic mass is 9.95.